The summed E-state index contributed by atoms with van der Waals surface area (Å²) in [6.07, 6.45) is 1.60. The summed E-state index contributed by atoms with van der Waals surface area (Å²) in [7, 11) is 0. The number of hydrogen-bond acceptors (Lipinski definition) is 1. The van der Waals surface area contributed by atoms with Crippen LogP contribution in [0, 0.1) is 0 Å². The van der Waals surface area contributed by atoms with E-state index in [1.807, 2.05) is 6.92 Å². The number of carbonyl (C=O) groups is 1. The van der Waals surface area contributed by atoms with Crippen molar-refractivity contribution in [3.63, 3.8) is 0 Å². The summed E-state index contributed by atoms with van der Waals surface area (Å²) < 4.78 is 1.03. The van der Waals surface area contributed by atoms with Gasteiger partial charge in [-0.15, -0.1) is 0 Å². The minimum atomic E-state index is 0.118. The number of carbonyl (C=O) groups excluding carboxylic acids is 1. The van der Waals surface area contributed by atoms with E-state index in [1.165, 1.54) is 0 Å². The molecule has 0 aliphatic carbocycles. The Morgan fingerprint density at radius 1 is 1.57 bits per heavy atom. The van der Waals surface area contributed by atoms with Gasteiger partial charge < -0.3 is 0 Å². The van der Waals surface area contributed by atoms with Crippen molar-refractivity contribution in [2.45, 2.75) is 13.8 Å². The molecule has 1 nitrogen and oxygen atoms in total. The second kappa shape index (κ2) is 3.18. The van der Waals surface area contributed by atoms with Crippen LogP contribution in [0.5, 0.6) is 0 Å². The molecule has 0 fully saturated rings. The van der Waals surface area contributed by atoms with E-state index < -0.39 is 0 Å². The maximum Gasteiger partial charge on any atom is 0.153 e. The van der Waals surface area contributed by atoms with Crippen LogP contribution < -0.4 is 0 Å². The van der Waals surface area contributed by atoms with E-state index in [0.717, 1.165) is 3.58 Å². The van der Waals surface area contributed by atoms with Crippen LogP contribution in [0.1, 0.15) is 13.8 Å². The standard InChI is InChI=1S/C5H7IO/c1-4(6)3-5(2)7/h3H,1-2H3/b4-3-. The first-order chi connectivity index (χ1) is 3.13. The van der Waals surface area contributed by atoms with Gasteiger partial charge in [-0.25, -0.2) is 0 Å². The molecule has 0 amide bonds. The van der Waals surface area contributed by atoms with Crippen molar-refractivity contribution in [2.75, 3.05) is 0 Å². The van der Waals surface area contributed by atoms with Gasteiger partial charge in [0.05, 0.1) is 0 Å². The Balaban J connectivity index is 3.68. The molecule has 0 bridgehead atoms. The van der Waals surface area contributed by atoms with Crippen LogP contribution >= 0.6 is 22.6 Å². The van der Waals surface area contributed by atoms with Gasteiger partial charge in [0.2, 0.25) is 0 Å². The molecule has 0 aliphatic rings. The van der Waals surface area contributed by atoms with Crippen LogP contribution in [0.3, 0.4) is 0 Å². The second-order valence-electron chi connectivity index (χ2n) is 1.34. The SMILES string of the molecule is CC(=O)/C=C(/C)I. The van der Waals surface area contributed by atoms with Crippen LogP contribution in [0.25, 0.3) is 0 Å². The quantitative estimate of drug-likeness (QED) is 0.477. The molecule has 0 radical (unpaired) electrons. The largest absolute Gasteiger partial charge is 0.295 e. The molecule has 0 aromatic carbocycles. The molecular weight excluding hydrogens is 203 g/mol. The van der Waals surface area contributed by atoms with Crippen LogP contribution in [0.4, 0.5) is 0 Å². The first-order valence-corrected chi connectivity index (χ1v) is 3.05. The number of rotatable bonds is 1. The lowest BCUT2D eigenvalue weighted by Gasteiger charge is -1.78. The summed E-state index contributed by atoms with van der Waals surface area (Å²) in [6, 6.07) is 0. The smallest absolute Gasteiger partial charge is 0.153 e. The molecule has 0 heterocycles. The van der Waals surface area contributed by atoms with E-state index in [1.54, 1.807) is 13.0 Å². The predicted octanol–water partition coefficient (Wildman–Crippen LogP) is 1.91. The van der Waals surface area contributed by atoms with E-state index in [9.17, 15) is 4.79 Å². The van der Waals surface area contributed by atoms with Crippen LogP contribution in [0.15, 0.2) is 9.66 Å². The first-order valence-electron chi connectivity index (χ1n) is 1.97. The maximum atomic E-state index is 10.2. The zero-order valence-electron chi connectivity index (χ0n) is 4.36. The van der Waals surface area contributed by atoms with Gasteiger partial charge >= 0.3 is 0 Å². The first kappa shape index (κ1) is 7.14. The van der Waals surface area contributed by atoms with E-state index >= 15 is 0 Å². The molecular formula is C5H7IO. The highest BCUT2D eigenvalue weighted by molar-refractivity contribution is 14.1. The Bertz CT molecular complexity index is 101. The zero-order chi connectivity index (χ0) is 5.86. The van der Waals surface area contributed by atoms with Crippen molar-refractivity contribution in [1.82, 2.24) is 0 Å². The molecule has 0 aromatic heterocycles. The fourth-order valence-electron chi connectivity index (χ4n) is 0.280. The van der Waals surface area contributed by atoms with Gasteiger partial charge in [-0.3, -0.25) is 4.79 Å². The van der Waals surface area contributed by atoms with E-state index in [4.69, 9.17) is 0 Å². The molecule has 0 saturated carbocycles. The van der Waals surface area contributed by atoms with Gasteiger partial charge in [0.15, 0.2) is 5.78 Å². The number of halogens is 1. The van der Waals surface area contributed by atoms with Crippen LogP contribution in [0.2, 0.25) is 0 Å². The van der Waals surface area contributed by atoms with Crippen molar-refractivity contribution in [2.24, 2.45) is 0 Å². The van der Waals surface area contributed by atoms with Gasteiger partial charge in [0.1, 0.15) is 0 Å². The van der Waals surface area contributed by atoms with Crippen molar-refractivity contribution < 1.29 is 4.79 Å². The number of allylic oxidation sites excluding steroid dienone is 2. The van der Waals surface area contributed by atoms with Gasteiger partial charge in [0.25, 0.3) is 0 Å². The predicted molar refractivity (Wildman–Crippen MR) is 38.5 cm³/mol. The van der Waals surface area contributed by atoms with Crippen molar-refractivity contribution >= 4 is 28.4 Å². The Labute approximate surface area is 56.9 Å². The monoisotopic (exact) mass is 210 g/mol. The normalized spacial score (nSPS) is 11.6. The minimum absolute atomic E-state index is 0.118. The summed E-state index contributed by atoms with van der Waals surface area (Å²) in [5.41, 5.74) is 0. The lowest BCUT2D eigenvalue weighted by Crippen LogP contribution is -1.78. The zero-order valence-corrected chi connectivity index (χ0v) is 6.52. The highest BCUT2D eigenvalue weighted by Gasteiger charge is 1.82. The maximum absolute atomic E-state index is 10.2. The fourth-order valence-corrected chi connectivity index (χ4v) is 0.719. The molecule has 7 heavy (non-hydrogen) atoms. The molecule has 0 spiro atoms. The Morgan fingerprint density at radius 3 is 2.00 bits per heavy atom. The Hall–Kier alpha value is 0.140. The Kier molecular flexibility index (Phi) is 3.25. The van der Waals surface area contributed by atoms with E-state index in [0.29, 0.717) is 0 Å². The van der Waals surface area contributed by atoms with E-state index in [-0.39, 0.29) is 5.78 Å². The fraction of sp³-hybridized carbons (Fsp3) is 0.400. The summed E-state index contributed by atoms with van der Waals surface area (Å²) in [4.78, 5) is 10.2. The second-order valence-corrected chi connectivity index (χ2v) is 3.04. The minimum Gasteiger partial charge on any atom is -0.295 e. The number of hydrogen-bond donors (Lipinski definition) is 0. The third-order valence-corrected chi connectivity index (χ3v) is 0.714. The molecule has 2 heteroatoms. The summed E-state index contributed by atoms with van der Waals surface area (Å²) in [6.45, 7) is 3.43. The Morgan fingerprint density at radius 2 is 2.00 bits per heavy atom. The summed E-state index contributed by atoms with van der Waals surface area (Å²) in [5.74, 6) is 0.118. The molecule has 40 valence electrons. The average Bonchev–Trinajstić information content (AvgIpc) is 1.27. The van der Waals surface area contributed by atoms with Crippen LogP contribution in [-0.2, 0) is 4.79 Å². The van der Waals surface area contributed by atoms with Crippen LogP contribution in [-0.4, -0.2) is 5.78 Å². The highest BCUT2D eigenvalue weighted by Crippen LogP contribution is 2.01. The summed E-state index contributed by atoms with van der Waals surface area (Å²) in [5, 5.41) is 0. The third-order valence-electron chi connectivity index (χ3n) is 0.402. The van der Waals surface area contributed by atoms with Gasteiger partial charge in [-0.1, -0.05) is 0 Å². The molecule has 0 aliphatic heterocycles. The molecule has 0 atom stereocenters. The van der Waals surface area contributed by atoms with Gasteiger partial charge in [-0.2, -0.15) is 0 Å². The molecule has 0 unspecified atom stereocenters. The van der Waals surface area contributed by atoms with Crippen molar-refractivity contribution in [3.8, 4) is 0 Å². The molecule has 0 saturated heterocycles. The lowest BCUT2D eigenvalue weighted by molar-refractivity contribution is -0.112. The van der Waals surface area contributed by atoms with Gasteiger partial charge in [-0.05, 0) is 46.1 Å². The number of ketones is 1. The van der Waals surface area contributed by atoms with Gasteiger partial charge in [0, 0.05) is 0 Å². The van der Waals surface area contributed by atoms with Crippen molar-refractivity contribution in [1.29, 1.82) is 0 Å². The summed E-state index contributed by atoms with van der Waals surface area (Å²) >= 11 is 2.10. The average molecular weight is 210 g/mol. The molecule has 0 aromatic rings. The van der Waals surface area contributed by atoms with E-state index in [2.05, 4.69) is 22.6 Å². The highest BCUT2D eigenvalue weighted by atomic mass is 127. The molecule has 0 rings (SSSR count). The lowest BCUT2D eigenvalue weighted by atomic mass is 10.4. The topological polar surface area (TPSA) is 17.1 Å². The molecule has 0 N–H and O–H groups in total. The third kappa shape index (κ3) is 6.14. The van der Waals surface area contributed by atoms with Crippen molar-refractivity contribution in [3.05, 3.63) is 9.66 Å².